The summed E-state index contributed by atoms with van der Waals surface area (Å²) in [7, 11) is 1.40. The van der Waals surface area contributed by atoms with Crippen molar-refractivity contribution in [2.75, 3.05) is 26.7 Å². The highest BCUT2D eigenvalue weighted by atomic mass is 127. The molecule has 120 valence electrons. The molecular formula is C14H30IN3O2. The molecule has 0 fully saturated rings. The second-order valence-electron chi connectivity index (χ2n) is 4.63. The third kappa shape index (κ3) is 11.3. The number of nitrogens with one attached hydrogen (secondary N) is 2. The summed E-state index contributed by atoms with van der Waals surface area (Å²) in [6.07, 6.45) is 4.89. The lowest BCUT2D eigenvalue weighted by molar-refractivity contribution is -0.144. The number of hydrogen-bond acceptors (Lipinski definition) is 3. The lowest BCUT2D eigenvalue weighted by Gasteiger charge is -2.12. The standard InChI is InChI=1S/C14H29N3O2.HI/c1-5-7-8-9-10-16-14(15-6-2)17-11-12(3)13(18)19-4;/h12H,5-11H2,1-4H3,(H2,15,16,17);1H. The zero-order valence-electron chi connectivity index (χ0n) is 13.2. The summed E-state index contributed by atoms with van der Waals surface area (Å²) in [6.45, 7) is 8.22. The first-order valence-electron chi connectivity index (χ1n) is 7.25. The summed E-state index contributed by atoms with van der Waals surface area (Å²) >= 11 is 0. The number of nitrogens with zero attached hydrogens (tertiary/aromatic N) is 1. The van der Waals surface area contributed by atoms with E-state index in [-0.39, 0.29) is 35.9 Å². The Morgan fingerprint density at radius 1 is 1.20 bits per heavy atom. The van der Waals surface area contributed by atoms with Crippen LogP contribution in [0.15, 0.2) is 4.99 Å². The molecular weight excluding hydrogens is 369 g/mol. The molecule has 5 nitrogen and oxygen atoms in total. The normalized spacial score (nSPS) is 12.3. The van der Waals surface area contributed by atoms with Gasteiger partial charge in [0, 0.05) is 13.1 Å². The van der Waals surface area contributed by atoms with Gasteiger partial charge in [-0.15, -0.1) is 24.0 Å². The van der Waals surface area contributed by atoms with E-state index >= 15 is 0 Å². The number of methoxy groups -OCH3 is 1. The zero-order chi connectivity index (χ0) is 14.5. The Morgan fingerprint density at radius 2 is 1.90 bits per heavy atom. The van der Waals surface area contributed by atoms with Gasteiger partial charge in [-0.05, 0) is 13.3 Å². The average Bonchev–Trinajstić information content (AvgIpc) is 2.43. The van der Waals surface area contributed by atoms with Gasteiger partial charge in [0.05, 0.1) is 19.6 Å². The van der Waals surface area contributed by atoms with Crippen molar-refractivity contribution < 1.29 is 9.53 Å². The lowest BCUT2D eigenvalue weighted by Crippen LogP contribution is -2.38. The molecule has 0 aliphatic heterocycles. The molecule has 1 unspecified atom stereocenters. The average molecular weight is 399 g/mol. The SMILES string of the molecule is CCCCCCNC(=NCC(C)C(=O)OC)NCC.I. The highest BCUT2D eigenvalue weighted by molar-refractivity contribution is 14.0. The van der Waals surface area contributed by atoms with E-state index in [1.165, 1.54) is 26.4 Å². The van der Waals surface area contributed by atoms with Crippen LogP contribution in [0.3, 0.4) is 0 Å². The first-order valence-corrected chi connectivity index (χ1v) is 7.25. The van der Waals surface area contributed by atoms with Crippen molar-refractivity contribution in [1.29, 1.82) is 0 Å². The van der Waals surface area contributed by atoms with E-state index in [9.17, 15) is 4.79 Å². The smallest absolute Gasteiger partial charge is 0.310 e. The summed E-state index contributed by atoms with van der Waals surface area (Å²) in [6, 6.07) is 0. The number of ether oxygens (including phenoxy) is 1. The van der Waals surface area contributed by atoms with Crippen LogP contribution in [0, 0.1) is 5.92 Å². The quantitative estimate of drug-likeness (QED) is 0.206. The minimum Gasteiger partial charge on any atom is -0.469 e. The maximum Gasteiger partial charge on any atom is 0.310 e. The molecule has 0 rings (SSSR count). The highest BCUT2D eigenvalue weighted by Gasteiger charge is 2.12. The Balaban J connectivity index is 0. The second-order valence-corrected chi connectivity index (χ2v) is 4.63. The zero-order valence-corrected chi connectivity index (χ0v) is 15.5. The third-order valence-electron chi connectivity index (χ3n) is 2.79. The number of esters is 1. The molecule has 0 amide bonds. The summed E-state index contributed by atoms with van der Waals surface area (Å²) in [5.74, 6) is 0.345. The topological polar surface area (TPSA) is 62.7 Å². The van der Waals surface area contributed by atoms with Crippen molar-refractivity contribution in [3.8, 4) is 0 Å². The lowest BCUT2D eigenvalue weighted by atomic mass is 10.2. The number of unbranched alkanes of at least 4 members (excludes halogenated alkanes) is 3. The van der Waals surface area contributed by atoms with Crippen LogP contribution >= 0.6 is 24.0 Å². The van der Waals surface area contributed by atoms with E-state index in [1.807, 2.05) is 13.8 Å². The molecule has 0 aromatic rings. The summed E-state index contributed by atoms with van der Waals surface area (Å²) in [5, 5.41) is 6.45. The number of hydrogen-bond donors (Lipinski definition) is 2. The van der Waals surface area contributed by atoms with Crippen molar-refractivity contribution in [2.24, 2.45) is 10.9 Å². The fourth-order valence-corrected chi connectivity index (χ4v) is 1.60. The summed E-state index contributed by atoms with van der Waals surface area (Å²) in [4.78, 5) is 15.7. The molecule has 0 heterocycles. The van der Waals surface area contributed by atoms with Gasteiger partial charge in [-0.25, -0.2) is 0 Å². The van der Waals surface area contributed by atoms with Crippen molar-refractivity contribution in [2.45, 2.75) is 46.5 Å². The van der Waals surface area contributed by atoms with Crippen LogP contribution in [-0.2, 0) is 9.53 Å². The number of carbonyl (C=O) groups excluding carboxylic acids is 1. The second kappa shape index (κ2) is 14.9. The van der Waals surface area contributed by atoms with Crippen LogP contribution < -0.4 is 10.6 Å². The molecule has 6 heteroatoms. The fraction of sp³-hybridized carbons (Fsp3) is 0.857. The monoisotopic (exact) mass is 399 g/mol. The molecule has 1 atom stereocenters. The van der Waals surface area contributed by atoms with Crippen LogP contribution in [0.1, 0.15) is 46.5 Å². The number of rotatable bonds is 9. The highest BCUT2D eigenvalue weighted by Crippen LogP contribution is 1.99. The first kappa shape index (κ1) is 21.8. The Kier molecular flexibility index (Phi) is 16.2. The number of guanidine groups is 1. The number of aliphatic imine (C=N–C) groups is 1. The van der Waals surface area contributed by atoms with Gasteiger partial charge < -0.3 is 15.4 Å². The molecule has 0 spiro atoms. The van der Waals surface area contributed by atoms with Gasteiger partial charge in [0.15, 0.2) is 5.96 Å². The van der Waals surface area contributed by atoms with Gasteiger partial charge in [0.1, 0.15) is 0 Å². The minimum absolute atomic E-state index is 0. The molecule has 0 aliphatic rings. The van der Waals surface area contributed by atoms with E-state index in [0.717, 1.165) is 25.5 Å². The van der Waals surface area contributed by atoms with Gasteiger partial charge in [0.2, 0.25) is 0 Å². The van der Waals surface area contributed by atoms with Crippen molar-refractivity contribution in [3.05, 3.63) is 0 Å². The van der Waals surface area contributed by atoms with Crippen LogP contribution in [0.25, 0.3) is 0 Å². The molecule has 0 radical (unpaired) electrons. The van der Waals surface area contributed by atoms with E-state index in [1.54, 1.807) is 0 Å². The van der Waals surface area contributed by atoms with Gasteiger partial charge in [0.25, 0.3) is 0 Å². The summed E-state index contributed by atoms with van der Waals surface area (Å²) in [5.41, 5.74) is 0. The molecule has 0 aliphatic carbocycles. The predicted octanol–water partition coefficient (Wildman–Crippen LogP) is 2.55. The van der Waals surface area contributed by atoms with Gasteiger partial charge in [-0.3, -0.25) is 9.79 Å². The van der Waals surface area contributed by atoms with Gasteiger partial charge in [-0.2, -0.15) is 0 Å². The summed E-state index contributed by atoms with van der Waals surface area (Å²) < 4.78 is 4.68. The molecule has 0 bridgehead atoms. The van der Waals surface area contributed by atoms with Crippen LogP contribution in [0.5, 0.6) is 0 Å². The molecule has 0 saturated carbocycles. The fourth-order valence-electron chi connectivity index (χ4n) is 1.60. The van der Waals surface area contributed by atoms with Crippen molar-refractivity contribution in [3.63, 3.8) is 0 Å². The molecule has 20 heavy (non-hydrogen) atoms. The minimum atomic E-state index is -0.220. The maximum absolute atomic E-state index is 11.3. The van der Waals surface area contributed by atoms with Crippen molar-refractivity contribution in [1.82, 2.24) is 10.6 Å². The molecule has 0 aromatic carbocycles. The Bertz CT molecular complexity index is 273. The van der Waals surface area contributed by atoms with Crippen molar-refractivity contribution >= 4 is 35.9 Å². The van der Waals surface area contributed by atoms with Crippen LogP contribution in [0.4, 0.5) is 0 Å². The van der Waals surface area contributed by atoms with E-state index in [2.05, 4.69) is 27.3 Å². The molecule has 2 N–H and O–H groups in total. The Labute approximate surface area is 140 Å². The third-order valence-corrected chi connectivity index (χ3v) is 2.79. The van der Waals surface area contributed by atoms with Crippen LogP contribution in [0.2, 0.25) is 0 Å². The predicted molar refractivity (Wildman–Crippen MR) is 94.7 cm³/mol. The molecule has 0 aromatic heterocycles. The number of carbonyl (C=O) groups is 1. The Hall–Kier alpha value is -0.530. The van der Waals surface area contributed by atoms with E-state index in [4.69, 9.17) is 0 Å². The van der Waals surface area contributed by atoms with Crippen LogP contribution in [-0.4, -0.2) is 38.7 Å². The van der Waals surface area contributed by atoms with E-state index < -0.39 is 0 Å². The van der Waals surface area contributed by atoms with Gasteiger partial charge >= 0.3 is 5.97 Å². The van der Waals surface area contributed by atoms with E-state index in [0.29, 0.717) is 6.54 Å². The van der Waals surface area contributed by atoms with Gasteiger partial charge in [-0.1, -0.05) is 33.1 Å². The maximum atomic E-state index is 11.3. The molecule has 0 saturated heterocycles. The first-order chi connectivity index (χ1) is 9.15. The number of halogens is 1. The Morgan fingerprint density at radius 3 is 2.45 bits per heavy atom. The largest absolute Gasteiger partial charge is 0.469 e.